The lowest BCUT2D eigenvalue weighted by molar-refractivity contribution is 0.930. The molecule has 1 unspecified atom stereocenters. The lowest BCUT2D eigenvalue weighted by Gasteiger charge is -1.72. The smallest absolute Gasteiger partial charge is 0.0268 e. The molecule has 0 amide bonds. The summed E-state index contributed by atoms with van der Waals surface area (Å²) in [5, 5.41) is 0. The minimum atomic E-state index is 0.560. The summed E-state index contributed by atoms with van der Waals surface area (Å²) < 4.78 is 0. The van der Waals surface area contributed by atoms with Gasteiger partial charge in [0.1, 0.15) is 5.92 Å². The highest BCUT2D eigenvalue weighted by Gasteiger charge is 2.03. The van der Waals surface area contributed by atoms with Crippen molar-refractivity contribution >= 4 is 0 Å². The molecular formula is C6H7+. The lowest BCUT2D eigenvalue weighted by atomic mass is 10.2. The van der Waals surface area contributed by atoms with Crippen LogP contribution in [0.4, 0.5) is 0 Å². The van der Waals surface area contributed by atoms with Gasteiger partial charge in [0.05, 0.1) is 12.2 Å². The van der Waals surface area contributed by atoms with Crippen LogP contribution in [-0.2, 0) is 0 Å². The van der Waals surface area contributed by atoms with Crippen molar-refractivity contribution in [3.63, 3.8) is 0 Å². The summed E-state index contributed by atoms with van der Waals surface area (Å²) in [7, 11) is 0. The van der Waals surface area contributed by atoms with E-state index in [-0.39, 0.29) is 0 Å². The maximum atomic E-state index is 3.08. The summed E-state index contributed by atoms with van der Waals surface area (Å²) in [6.07, 6.45) is 9.16. The molecule has 1 aliphatic carbocycles. The van der Waals surface area contributed by atoms with E-state index >= 15 is 0 Å². The van der Waals surface area contributed by atoms with Crippen molar-refractivity contribution < 1.29 is 0 Å². The van der Waals surface area contributed by atoms with Crippen LogP contribution in [0.5, 0.6) is 0 Å². The predicted molar refractivity (Wildman–Crippen MR) is 26.1 cm³/mol. The molecule has 0 bridgehead atoms. The van der Waals surface area contributed by atoms with E-state index < -0.39 is 0 Å². The van der Waals surface area contributed by atoms with Gasteiger partial charge in [-0.3, -0.25) is 0 Å². The topological polar surface area (TPSA) is 0 Å². The van der Waals surface area contributed by atoms with Crippen LogP contribution in [-0.4, -0.2) is 0 Å². The summed E-state index contributed by atoms with van der Waals surface area (Å²) in [6.45, 7) is 2.11. The molecule has 0 saturated carbocycles. The molecule has 30 valence electrons. The maximum absolute atomic E-state index is 3.08. The van der Waals surface area contributed by atoms with Gasteiger partial charge in [-0.1, -0.05) is 0 Å². The van der Waals surface area contributed by atoms with Gasteiger partial charge in [0.2, 0.25) is 0 Å². The van der Waals surface area contributed by atoms with Crippen molar-refractivity contribution in [3.8, 4) is 0 Å². The molecule has 0 heterocycles. The molecule has 0 N–H and O–H groups in total. The van der Waals surface area contributed by atoms with E-state index in [4.69, 9.17) is 0 Å². The first-order valence-electron chi connectivity index (χ1n) is 2.15. The number of hydrogen-bond acceptors (Lipinski definition) is 0. The largest absolute Gasteiger partial charge is 0.155 e. The zero-order chi connectivity index (χ0) is 4.41. The molecule has 0 heteroatoms. The summed E-state index contributed by atoms with van der Waals surface area (Å²) in [6, 6.07) is 0. The molecule has 0 aromatic heterocycles. The van der Waals surface area contributed by atoms with Gasteiger partial charge in [0.15, 0.2) is 6.08 Å². The third-order valence-electron chi connectivity index (χ3n) is 0.855. The average molecular weight is 79.1 g/mol. The molecule has 1 atom stereocenters. The SMILES string of the molecule is CC1[C+]=CC=C1. The van der Waals surface area contributed by atoms with Gasteiger partial charge in [0.25, 0.3) is 0 Å². The predicted octanol–water partition coefficient (Wildman–Crippen LogP) is 1.55. The molecule has 0 aliphatic heterocycles. The Morgan fingerprint density at radius 2 is 2.50 bits per heavy atom. The Balaban J connectivity index is 2.60. The highest BCUT2D eigenvalue weighted by atomic mass is 14.0. The van der Waals surface area contributed by atoms with Gasteiger partial charge < -0.3 is 0 Å². The van der Waals surface area contributed by atoms with Gasteiger partial charge in [0, 0.05) is 6.08 Å². The summed E-state index contributed by atoms with van der Waals surface area (Å²) in [4.78, 5) is 0. The average Bonchev–Trinajstić information content (AvgIpc) is 1.86. The molecule has 1 rings (SSSR count). The van der Waals surface area contributed by atoms with Crippen LogP contribution in [0, 0.1) is 12.0 Å². The zero-order valence-corrected chi connectivity index (χ0v) is 3.81. The third kappa shape index (κ3) is 0.474. The van der Waals surface area contributed by atoms with Crippen LogP contribution >= 0.6 is 0 Å². The molecule has 0 saturated heterocycles. The van der Waals surface area contributed by atoms with Crippen molar-refractivity contribution in [1.29, 1.82) is 0 Å². The van der Waals surface area contributed by atoms with Crippen molar-refractivity contribution in [1.82, 2.24) is 0 Å². The van der Waals surface area contributed by atoms with E-state index in [9.17, 15) is 0 Å². The lowest BCUT2D eigenvalue weighted by Crippen LogP contribution is -1.73. The van der Waals surface area contributed by atoms with Gasteiger partial charge in [-0.25, -0.2) is 0 Å². The first-order valence-corrected chi connectivity index (χ1v) is 2.15. The number of allylic oxidation sites excluding steroid dienone is 4. The minimum absolute atomic E-state index is 0.560. The quantitative estimate of drug-likeness (QED) is 0.386. The number of rotatable bonds is 0. The first kappa shape index (κ1) is 3.58. The fraction of sp³-hybridized carbons (Fsp3) is 0.333. The van der Waals surface area contributed by atoms with Gasteiger partial charge in [-0.2, -0.15) is 0 Å². The molecule has 0 aromatic carbocycles. The molecule has 0 radical (unpaired) electrons. The molecule has 0 nitrogen and oxygen atoms in total. The minimum Gasteiger partial charge on any atom is -0.0268 e. The Morgan fingerprint density at radius 1 is 1.67 bits per heavy atom. The van der Waals surface area contributed by atoms with E-state index in [1.54, 1.807) is 0 Å². The highest BCUT2D eigenvalue weighted by molar-refractivity contribution is 5.11. The van der Waals surface area contributed by atoms with Crippen LogP contribution in [0.1, 0.15) is 6.92 Å². The Kier molecular flexibility index (Phi) is 0.736. The van der Waals surface area contributed by atoms with Crippen LogP contribution in [0.15, 0.2) is 18.2 Å². The highest BCUT2D eigenvalue weighted by Crippen LogP contribution is 2.03. The molecule has 0 spiro atoms. The van der Waals surface area contributed by atoms with Crippen molar-refractivity contribution in [2.75, 3.05) is 0 Å². The Bertz CT molecular complexity index is 76.2. The van der Waals surface area contributed by atoms with Gasteiger partial charge in [-0.15, -0.1) is 0 Å². The summed E-state index contributed by atoms with van der Waals surface area (Å²) >= 11 is 0. The van der Waals surface area contributed by atoms with Crippen molar-refractivity contribution in [3.05, 3.63) is 24.3 Å². The van der Waals surface area contributed by atoms with E-state index in [0.717, 1.165) is 0 Å². The standard InChI is InChI=1S/C6H7/c1-6-4-2-3-5-6/h2-4,6H,1H3/q+1. The fourth-order valence-electron chi connectivity index (χ4n) is 0.485. The van der Waals surface area contributed by atoms with Gasteiger partial charge in [-0.05, 0) is 6.92 Å². The fourth-order valence-corrected chi connectivity index (χ4v) is 0.485. The summed E-state index contributed by atoms with van der Waals surface area (Å²) in [5.74, 6) is 0.560. The second-order valence-corrected chi connectivity index (χ2v) is 1.51. The van der Waals surface area contributed by atoms with Crippen LogP contribution < -0.4 is 0 Å². The van der Waals surface area contributed by atoms with E-state index in [0.29, 0.717) is 5.92 Å². The van der Waals surface area contributed by atoms with E-state index in [1.807, 2.05) is 12.2 Å². The van der Waals surface area contributed by atoms with E-state index in [2.05, 4.69) is 19.1 Å². The Morgan fingerprint density at radius 3 is 2.67 bits per heavy atom. The van der Waals surface area contributed by atoms with Gasteiger partial charge >= 0.3 is 0 Å². The summed E-state index contributed by atoms with van der Waals surface area (Å²) in [5.41, 5.74) is 0. The third-order valence-corrected chi connectivity index (χ3v) is 0.855. The maximum Gasteiger partial charge on any atom is 0.155 e. The second kappa shape index (κ2) is 1.24. The molecular weight excluding hydrogens is 72.1 g/mol. The Labute approximate surface area is 38.2 Å². The molecule has 6 heavy (non-hydrogen) atoms. The van der Waals surface area contributed by atoms with Crippen molar-refractivity contribution in [2.24, 2.45) is 5.92 Å². The first-order chi connectivity index (χ1) is 2.89. The zero-order valence-electron chi connectivity index (χ0n) is 3.81. The normalized spacial score (nSPS) is 27.8. The van der Waals surface area contributed by atoms with Crippen LogP contribution in [0.3, 0.4) is 0 Å². The number of hydrogen-bond donors (Lipinski definition) is 0. The molecule has 1 aliphatic rings. The van der Waals surface area contributed by atoms with E-state index in [1.165, 1.54) is 0 Å². The monoisotopic (exact) mass is 79.1 g/mol. The molecule has 0 fully saturated rings. The van der Waals surface area contributed by atoms with Crippen molar-refractivity contribution in [2.45, 2.75) is 6.92 Å². The van der Waals surface area contributed by atoms with Crippen LogP contribution in [0.25, 0.3) is 0 Å². The molecule has 0 aromatic rings. The second-order valence-electron chi connectivity index (χ2n) is 1.51. The van der Waals surface area contributed by atoms with Crippen LogP contribution in [0.2, 0.25) is 0 Å². The Hall–Kier alpha value is -0.610.